The normalized spacial score (nSPS) is 19.7. The number of carbonyl (C=O) groups excluding carboxylic acids is 1. The average molecular weight is 433 g/mol. The molecule has 1 aromatic heterocycles. The molecule has 2 atom stereocenters. The summed E-state index contributed by atoms with van der Waals surface area (Å²) in [4.78, 5) is 20.2. The Morgan fingerprint density at radius 2 is 1.90 bits per heavy atom. The molecule has 0 bridgehead atoms. The van der Waals surface area contributed by atoms with E-state index < -0.39 is 18.1 Å². The van der Waals surface area contributed by atoms with Crippen LogP contribution in [-0.4, -0.2) is 28.1 Å². The molecule has 8 heteroatoms. The lowest BCUT2D eigenvalue weighted by Gasteiger charge is -2.31. The lowest BCUT2D eigenvalue weighted by Crippen LogP contribution is -2.41. The summed E-state index contributed by atoms with van der Waals surface area (Å²) in [5, 5.41) is 3.60. The number of carbonyl (C=O) groups is 1. The van der Waals surface area contributed by atoms with E-state index in [1.54, 1.807) is 23.9 Å². The Kier molecular flexibility index (Phi) is 6.04. The number of halogens is 3. The molecule has 1 aliphatic carbocycles. The van der Waals surface area contributed by atoms with Crippen LogP contribution in [0.25, 0.3) is 11.0 Å². The van der Waals surface area contributed by atoms with Gasteiger partial charge in [0.05, 0.1) is 17.0 Å². The fourth-order valence-corrected chi connectivity index (χ4v) is 4.63. The molecule has 0 spiro atoms. The topological polar surface area (TPSA) is 57.8 Å². The van der Waals surface area contributed by atoms with E-state index in [1.165, 1.54) is 0 Å². The van der Waals surface area contributed by atoms with Crippen LogP contribution < -0.4 is 5.32 Å². The van der Waals surface area contributed by atoms with Gasteiger partial charge in [0, 0.05) is 17.4 Å². The first-order valence-electron chi connectivity index (χ1n) is 9.92. The Balaban J connectivity index is 1.32. The lowest BCUT2D eigenvalue weighted by atomic mass is 9.85. The van der Waals surface area contributed by atoms with Gasteiger partial charge < -0.3 is 10.3 Å². The fourth-order valence-electron chi connectivity index (χ4n) is 3.79. The summed E-state index contributed by atoms with van der Waals surface area (Å²) in [7, 11) is 0. The molecule has 4 rings (SSSR count). The Morgan fingerprint density at radius 1 is 1.13 bits per heavy atom. The van der Waals surface area contributed by atoms with E-state index in [1.807, 2.05) is 36.4 Å². The first kappa shape index (κ1) is 20.8. The molecular weight excluding hydrogens is 411 g/mol. The number of rotatable bonds is 5. The average Bonchev–Trinajstić information content (AvgIpc) is 3.15. The smallest absolute Gasteiger partial charge is 0.349 e. The van der Waals surface area contributed by atoms with Gasteiger partial charge >= 0.3 is 6.18 Å². The number of H-pyrrole nitrogens is 1. The summed E-state index contributed by atoms with van der Waals surface area (Å²) < 4.78 is 38.9. The summed E-state index contributed by atoms with van der Waals surface area (Å²) in [5.41, 5.74) is 3.40. The number of hydrogen-bond acceptors (Lipinski definition) is 3. The number of nitrogens with one attached hydrogen (secondary N) is 2. The van der Waals surface area contributed by atoms with Crippen molar-refractivity contribution in [2.24, 2.45) is 5.92 Å². The van der Waals surface area contributed by atoms with Gasteiger partial charge in [-0.15, -0.1) is 0 Å². The monoisotopic (exact) mass is 433 g/mol. The van der Waals surface area contributed by atoms with Gasteiger partial charge in [0.25, 0.3) is 5.91 Å². The largest absolute Gasteiger partial charge is 0.391 e. The van der Waals surface area contributed by atoms with Crippen molar-refractivity contribution in [2.75, 3.05) is 0 Å². The molecule has 1 fully saturated rings. The summed E-state index contributed by atoms with van der Waals surface area (Å²) in [5.74, 6) is -0.953. The zero-order chi connectivity index (χ0) is 21.1. The minimum atomic E-state index is -4.19. The lowest BCUT2D eigenvalue weighted by molar-refractivity contribution is -0.183. The number of para-hydroxylation sites is 2. The minimum Gasteiger partial charge on any atom is -0.349 e. The van der Waals surface area contributed by atoms with Gasteiger partial charge in [-0.2, -0.15) is 13.2 Å². The number of aromatic nitrogens is 2. The van der Waals surface area contributed by atoms with Gasteiger partial charge in [-0.05, 0) is 49.1 Å². The first-order chi connectivity index (χ1) is 14.4. The van der Waals surface area contributed by atoms with Gasteiger partial charge in [0.2, 0.25) is 0 Å². The SMILES string of the molecule is O=C(NC1CCCC(C(F)(F)F)C1)c1ccc(CSc2nc3ccccc3[nH]2)cc1. The third-order valence-electron chi connectivity index (χ3n) is 5.43. The molecule has 0 radical (unpaired) electrons. The third kappa shape index (κ3) is 4.98. The second-order valence-corrected chi connectivity index (χ2v) is 8.58. The molecule has 30 heavy (non-hydrogen) atoms. The van der Waals surface area contributed by atoms with Crippen LogP contribution in [0.1, 0.15) is 41.6 Å². The van der Waals surface area contributed by atoms with Gasteiger partial charge in [0.1, 0.15) is 0 Å². The van der Waals surface area contributed by atoms with E-state index in [4.69, 9.17) is 0 Å². The quantitative estimate of drug-likeness (QED) is 0.507. The molecule has 2 aromatic carbocycles. The van der Waals surface area contributed by atoms with Crippen molar-refractivity contribution >= 4 is 28.7 Å². The maximum Gasteiger partial charge on any atom is 0.391 e. The molecule has 0 saturated heterocycles. The molecule has 3 aromatic rings. The highest BCUT2D eigenvalue weighted by atomic mass is 32.2. The van der Waals surface area contributed by atoms with Crippen LogP contribution in [0.4, 0.5) is 13.2 Å². The van der Waals surface area contributed by atoms with Crippen LogP contribution >= 0.6 is 11.8 Å². The van der Waals surface area contributed by atoms with Crippen molar-refractivity contribution in [3.8, 4) is 0 Å². The van der Waals surface area contributed by atoms with E-state index in [0.29, 0.717) is 24.2 Å². The van der Waals surface area contributed by atoms with Gasteiger partial charge in [0.15, 0.2) is 5.16 Å². The standard InChI is InChI=1S/C22H22F3N3OS/c23-22(24,25)16-4-3-5-17(12-16)26-20(29)15-10-8-14(9-11-15)13-30-21-27-18-6-1-2-7-19(18)28-21/h1-2,6-11,16-17H,3-5,12-13H2,(H,26,29)(H,27,28). The number of fused-ring (bicyclic) bond motifs is 1. The maximum atomic E-state index is 13.0. The first-order valence-corrected chi connectivity index (χ1v) is 10.9. The Morgan fingerprint density at radius 3 is 2.63 bits per heavy atom. The number of nitrogens with zero attached hydrogens (tertiary/aromatic N) is 1. The molecule has 1 heterocycles. The summed E-state index contributed by atoms with van der Waals surface area (Å²) in [6, 6.07) is 14.6. The Hall–Kier alpha value is -2.48. The Bertz CT molecular complexity index is 983. The minimum absolute atomic E-state index is 0.0402. The molecule has 0 aliphatic heterocycles. The third-order valence-corrected chi connectivity index (χ3v) is 6.38. The highest BCUT2D eigenvalue weighted by Crippen LogP contribution is 2.37. The highest BCUT2D eigenvalue weighted by molar-refractivity contribution is 7.98. The van der Waals surface area contributed by atoms with E-state index in [2.05, 4.69) is 15.3 Å². The number of benzene rings is 2. The van der Waals surface area contributed by atoms with Crippen LogP contribution in [0.3, 0.4) is 0 Å². The molecule has 4 nitrogen and oxygen atoms in total. The summed E-state index contributed by atoms with van der Waals surface area (Å²) in [6.07, 6.45) is -3.02. The van der Waals surface area contributed by atoms with Gasteiger partial charge in [-0.3, -0.25) is 4.79 Å². The number of imidazole rings is 1. The molecule has 2 N–H and O–H groups in total. The zero-order valence-electron chi connectivity index (χ0n) is 16.2. The van der Waals surface area contributed by atoms with E-state index in [0.717, 1.165) is 21.8 Å². The van der Waals surface area contributed by atoms with Gasteiger partial charge in [-0.1, -0.05) is 42.4 Å². The number of aromatic amines is 1. The van der Waals surface area contributed by atoms with Crippen molar-refractivity contribution in [1.82, 2.24) is 15.3 Å². The summed E-state index contributed by atoms with van der Waals surface area (Å²) >= 11 is 1.57. The maximum absolute atomic E-state index is 13.0. The summed E-state index contributed by atoms with van der Waals surface area (Å²) in [6.45, 7) is 0. The fraction of sp³-hybridized carbons (Fsp3) is 0.364. The van der Waals surface area contributed by atoms with Crippen molar-refractivity contribution in [2.45, 2.75) is 48.8 Å². The van der Waals surface area contributed by atoms with E-state index >= 15 is 0 Å². The van der Waals surface area contributed by atoms with Crippen LogP contribution in [0.15, 0.2) is 53.7 Å². The van der Waals surface area contributed by atoms with Crippen molar-refractivity contribution in [3.63, 3.8) is 0 Å². The molecular formula is C22H22F3N3OS. The molecule has 1 saturated carbocycles. The Labute approximate surface area is 176 Å². The van der Waals surface area contributed by atoms with Gasteiger partial charge in [-0.25, -0.2) is 4.98 Å². The van der Waals surface area contributed by atoms with E-state index in [9.17, 15) is 18.0 Å². The van der Waals surface area contributed by atoms with Crippen LogP contribution in [0, 0.1) is 5.92 Å². The predicted octanol–water partition coefficient (Wildman–Crippen LogP) is 5.71. The van der Waals surface area contributed by atoms with Crippen LogP contribution in [0.2, 0.25) is 0 Å². The second kappa shape index (κ2) is 8.71. The molecule has 1 amide bonds. The van der Waals surface area contributed by atoms with Crippen LogP contribution in [-0.2, 0) is 5.75 Å². The number of thioether (sulfide) groups is 1. The zero-order valence-corrected chi connectivity index (χ0v) is 17.0. The number of amides is 1. The predicted molar refractivity (Wildman–Crippen MR) is 111 cm³/mol. The molecule has 158 valence electrons. The number of alkyl halides is 3. The second-order valence-electron chi connectivity index (χ2n) is 7.62. The molecule has 2 unspecified atom stereocenters. The van der Waals surface area contributed by atoms with Crippen molar-refractivity contribution in [1.29, 1.82) is 0 Å². The number of hydrogen-bond donors (Lipinski definition) is 2. The van der Waals surface area contributed by atoms with Crippen molar-refractivity contribution in [3.05, 3.63) is 59.7 Å². The van der Waals surface area contributed by atoms with Crippen molar-refractivity contribution < 1.29 is 18.0 Å². The van der Waals surface area contributed by atoms with Crippen LogP contribution in [0.5, 0.6) is 0 Å². The highest BCUT2D eigenvalue weighted by Gasteiger charge is 2.42. The molecule has 1 aliphatic rings. The van der Waals surface area contributed by atoms with E-state index in [-0.39, 0.29) is 18.7 Å².